The number of carbonyl (C=O) groups is 2. The van der Waals surface area contributed by atoms with Crippen molar-refractivity contribution in [3.63, 3.8) is 0 Å². The smallest absolute Gasteiger partial charge is 0.264 e. The Morgan fingerprint density at radius 1 is 0.889 bits per heavy atom. The number of rotatable bonds is 14. The van der Waals surface area contributed by atoms with Crippen molar-refractivity contribution >= 4 is 39.1 Å². The average Bonchev–Trinajstić information content (AvgIpc) is 3.03. The molecule has 0 spiro atoms. The quantitative estimate of drug-likeness (QED) is 0.157. The maximum absolute atomic E-state index is 14.5. The number of amides is 2. The van der Waals surface area contributed by atoms with Crippen LogP contribution in [0, 0.1) is 12.7 Å². The number of aryl methyl sites for hydroxylation is 1. The van der Waals surface area contributed by atoms with Crippen LogP contribution in [0.25, 0.3) is 0 Å². The zero-order chi connectivity index (χ0) is 32.4. The van der Waals surface area contributed by atoms with Gasteiger partial charge in [-0.3, -0.25) is 13.9 Å². The number of anilines is 1. The van der Waals surface area contributed by atoms with Gasteiger partial charge >= 0.3 is 0 Å². The summed E-state index contributed by atoms with van der Waals surface area (Å²) in [6, 6.07) is 26.6. The zero-order valence-corrected chi connectivity index (χ0v) is 26.9. The number of halogens is 2. The van der Waals surface area contributed by atoms with Crippen LogP contribution in [0.4, 0.5) is 10.1 Å². The largest absolute Gasteiger partial charge is 0.354 e. The van der Waals surface area contributed by atoms with Gasteiger partial charge in [-0.15, -0.1) is 0 Å². The molecule has 4 aromatic carbocycles. The molecule has 0 aliphatic rings. The molecule has 0 aliphatic heterocycles. The second kappa shape index (κ2) is 15.7. The lowest BCUT2D eigenvalue weighted by molar-refractivity contribution is -0.140. The van der Waals surface area contributed by atoms with E-state index in [0.717, 1.165) is 22.7 Å². The number of unbranched alkanes of at least 4 members (excludes halogenated alkanes) is 1. The Hall–Kier alpha value is -4.21. The molecule has 4 aromatic rings. The predicted octanol–water partition coefficient (Wildman–Crippen LogP) is 6.54. The van der Waals surface area contributed by atoms with Gasteiger partial charge in [0, 0.05) is 24.5 Å². The van der Waals surface area contributed by atoms with Crippen molar-refractivity contribution in [2.24, 2.45) is 0 Å². The Balaban J connectivity index is 1.80. The van der Waals surface area contributed by atoms with Crippen molar-refractivity contribution in [2.75, 3.05) is 17.4 Å². The van der Waals surface area contributed by atoms with E-state index in [1.54, 1.807) is 55.5 Å². The molecule has 4 rings (SSSR count). The van der Waals surface area contributed by atoms with Crippen LogP contribution in [0.5, 0.6) is 0 Å². The summed E-state index contributed by atoms with van der Waals surface area (Å²) in [4.78, 5) is 29.6. The third-order valence-corrected chi connectivity index (χ3v) is 9.41. The van der Waals surface area contributed by atoms with E-state index < -0.39 is 34.3 Å². The molecule has 0 aliphatic carbocycles. The summed E-state index contributed by atoms with van der Waals surface area (Å²) in [5.41, 5.74) is 2.25. The van der Waals surface area contributed by atoms with Crippen LogP contribution in [0.2, 0.25) is 5.02 Å². The van der Waals surface area contributed by atoms with E-state index in [9.17, 15) is 22.4 Å². The minimum Gasteiger partial charge on any atom is -0.354 e. The van der Waals surface area contributed by atoms with Crippen LogP contribution in [0.1, 0.15) is 36.5 Å². The molecule has 2 amide bonds. The second-order valence-corrected chi connectivity index (χ2v) is 13.1. The minimum absolute atomic E-state index is 0.00961. The molecule has 0 bridgehead atoms. The molecular formula is C35H37ClFN3O4S. The number of nitrogens with one attached hydrogen (secondary N) is 1. The Labute approximate surface area is 269 Å². The normalized spacial score (nSPS) is 11.9. The molecule has 236 valence electrons. The SMILES string of the molecule is CCCCNC(=O)[C@@H](Cc1ccccc1)N(Cc1ccc(F)cc1)C(=O)CN(c1ccc(Cl)cc1C)S(=O)(=O)c1ccccc1. The first-order chi connectivity index (χ1) is 21.6. The molecule has 7 nitrogen and oxygen atoms in total. The van der Waals surface area contributed by atoms with E-state index in [1.807, 2.05) is 37.3 Å². The van der Waals surface area contributed by atoms with Gasteiger partial charge < -0.3 is 10.2 Å². The third kappa shape index (κ3) is 8.93. The summed E-state index contributed by atoms with van der Waals surface area (Å²) in [6.45, 7) is 3.52. The fourth-order valence-corrected chi connectivity index (χ4v) is 6.70. The summed E-state index contributed by atoms with van der Waals surface area (Å²) >= 11 is 6.20. The van der Waals surface area contributed by atoms with Crippen molar-refractivity contribution in [2.45, 2.75) is 50.6 Å². The molecular weight excluding hydrogens is 613 g/mol. The number of hydrogen-bond donors (Lipinski definition) is 1. The standard InChI is InChI=1S/C35H37ClFN3O4S/c1-3-4-21-38-35(42)33(23-27-11-7-5-8-12-27)39(24-28-15-18-30(37)19-16-28)34(41)25-40(32-20-17-29(36)22-26(32)2)45(43,44)31-13-9-6-10-14-31/h5-20,22,33H,3-4,21,23-25H2,1-2H3,(H,38,42)/t33-/m1/s1. The van der Waals surface area contributed by atoms with Gasteiger partial charge in [-0.2, -0.15) is 0 Å². The van der Waals surface area contributed by atoms with Crippen molar-refractivity contribution in [3.05, 3.63) is 131 Å². The fourth-order valence-electron chi connectivity index (χ4n) is 4.98. The van der Waals surface area contributed by atoms with E-state index in [-0.39, 0.29) is 29.5 Å². The molecule has 0 fully saturated rings. The van der Waals surface area contributed by atoms with Crippen molar-refractivity contribution in [1.29, 1.82) is 0 Å². The Bertz CT molecular complexity index is 1690. The highest BCUT2D eigenvalue weighted by Gasteiger charge is 2.35. The Morgan fingerprint density at radius 3 is 2.16 bits per heavy atom. The van der Waals surface area contributed by atoms with E-state index in [4.69, 9.17) is 11.6 Å². The van der Waals surface area contributed by atoms with Crippen LogP contribution in [-0.2, 0) is 32.6 Å². The lowest BCUT2D eigenvalue weighted by Crippen LogP contribution is -2.53. The number of hydrogen-bond acceptors (Lipinski definition) is 4. The van der Waals surface area contributed by atoms with Crippen LogP contribution < -0.4 is 9.62 Å². The van der Waals surface area contributed by atoms with Gasteiger partial charge in [0.15, 0.2) is 0 Å². The Kier molecular flexibility index (Phi) is 11.7. The van der Waals surface area contributed by atoms with Gasteiger partial charge in [0.1, 0.15) is 18.4 Å². The zero-order valence-electron chi connectivity index (χ0n) is 25.3. The van der Waals surface area contributed by atoms with E-state index in [0.29, 0.717) is 22.7 Å². The van der Waals surface area contributed by atoms with Crippen molar-refractivity contribution in [3.8, 4) is 0 Å². The third-order valence-electron chi connectivity index (χ3n) is 7.40. The molecule has 0 saturated carbocycles. The van der Waals surface area contributed by atoms with Crippen LogP contribution in [0.3, 0.4) is 0 Å². The number of nitrogens with zero attached hydrogens (tertiary/aromatic N) is 2. The number of sulfonamides is 1. The highest BCUT2D eigenvalue weighted by Crippen LogP contribution is 2.29. The highest BCUT2D eigenvalue weighted by atomic mass is 35.5. The highest BCUT2D eigenvalue weighted by molar-refractivity contribution is 7.92. The molecule has 0 aromatic heterocycles. The van der Waals surface area contributed by atoms with Gasteiger partial charge in [-0.1, -0.05) is 85.6 Å². The lowest BCUT2D eigenvalue weighted by Gasteiger charge is -2.34. The number of carbonyl (C=O) groups excluding carboxylic acids is 2. The molecule has 0 unspecified atom stereocenters. The lowest BCUT2D eigenvalue weighted by atomic mass is 10.0. The maximum atomic E-state index is 14.5. The fraction of sp³-hybridized carbons (Fsp3) is 0.257. The monoisotopic (exact) mass is 649 g/mol. The van der Waals surface area contributed by atoms with Crippen molar-refractivity contribution in [1.82, 2.24) is 10.2 Å². The first-order valence-corrected chi connectivity index (χ1v) is 16.6. The molecule has 0 saturated heterocycles. The molecule has 45 heavy (non-hydrogen) atoms. The average molecular weight is 650 g/mol. The summed E-state index contributed by atoms with van der Waals surface area (Å²) in [7, 11) is -4.23. The molecule has 1 N–H and O–H groups in total. The van der Waals surface area contributed by atoms with Crippen LogP contribution in [0.15, 0.2) is 108 Å². The van der Waals surface area contributed by atoms with E-state index in [1.165, 1.54) is 29.2 Å². The molecule has 0 heterocycles. The van der Waals surface area contributed by atoms with E-state index >= 15 is 0 Å². The van der Waals surface area contributed by atoms with E-state index in [2.05, 4.69) is 5.32 Å². The first-order valence-electron chi connectivity index (χ1n) is 14.8. The Morgan fingerprint density at radius 2 is 1.53 bits per heavy atom. The van der Waals surface area contributed by atoms with Gasteiger partial charge in [0.25, 0.3) is 10.0 Å². The van der Waals surface area contributed by atoms with Gasteiger partial charge in [0.2, 0.25) is 11.8 Å². The first kappa shape index (κ1) is 33.7. The second-order valence-electron chi connectivity index (χ2n) is 10.8. The topological polar surface area (TPSA) is 86.8 Å². The van der Waals surface area contributed by atoms with Crippen molar-refractivity contribution < 1.29 is 22.4 Å². The minimum atomic E-state index is -4.23. The molecule has 0 radical (unpaired) electrons. The summed E-state index contributed by atoms with van der Waals surface area (Å²) in [5.74, 6) is -1.39. The van der Waals surface area contributed by atoms with Gasteiger partial charge in [0.05, 0.1) is 10.6 Å². The van der Waals surface area contributed by atoms with Crippen LogP contribution >= 0.6 is 11.6 Å². The molecule has 1 atom stereocenters. The number of benzene rings is 4. The van der Waals surface area contributed by atoms with Crippen LogP contribution in [-0.4, -0.2) is 44.3 Å². The van der Waals surface area contributed by atoms with Gasteiger partial charge in [-0.25, -0.2) is 12.8 Å². The summed E-state index contributed by atoms with van der Waals surface area (Å²) in [6.07, 6.45) is 1.82. The summed E-state index contributed by atoms with van der Waals surface area (Å²) < 4.78 is 43.1. The molecule has 10 heteroatoms. The summed E-state index contributed by atoms with van der Waals surface area (Å²) in [5, 5.41) is 3.37. The maximum Gasteiger partial charge on any atom is 0.264 e. The predicted molar refractivity (Wildman–Crippen MR) is 176 cm³/mol. The van der Waals surface area contributed by atoms with Gasteiger partial charge in [-0.05, 0) is 72.5 Å².